The molecule has 7 heteroatoms. The molecule has 17 heavy (non-hydrogen) atoms. The van der Waals surface area contributed by atoms with E-state index in [1.54, 1.807) is 0 Å². The van der Waals surface area contributed by atoms with Crippen LogP contribution in [0.25, 0.3) is 10.4 Å². The minimum absolute atomic E-state index is 0.0498. The van der Waals surface area contributed by atoms with Gasteiger partial charge in [-0.2, -0.15) is 0 Å². The first-order chi connectivity index (χ1) is 8.31. The molecule has 0 aliphatic carbocycles. The number of azide groups is 1. The molecule has 0 bridgehead atoms. The van der Waals surface area contributed by atoms with Gasteiger partial charge >= 0.3 is 6.03 Å². The van der Waals surface area contributed by atoms with Crippen molar-refractivity contribution in [3.05, 3.63) is 10.4 Å². The fourth-order valence-electron chi connectivity index (χ4n) is 2.20. The number of ether oxygens (including phenoxy) is 1. The van der Waals surface area contributed by atoms with E-state index in [2.05, 4.69) is 10.0 Å². The zero-order chi connectivity index (χ0) is 12.1. The van der Waals surface area contributed by atoms with E-state index in [0.29, 0.717) is 39.4 Å². The number of hydrogen-bond donors (Lipinski definition) is 0. The third-order valence-electron chi connectivity index (χ3n) is 3.23. The second kappa shape index (κ2) is 5.75. The molecule has 2 rings (SSSR count). The summed E-state index contributed by atoms with van der Waals surface area (Å²) in [5.74, 6) is 0. The molecule has 2 fully saturated rings. The molecule has 0 aromatic heterocycles. The monoisotopic (exact) mass is 239 g/mol. The second-order valence-electron chi connectivity index (χ2n) is 4.31. The highest BCUT2D eigenvalue weighted by atomic mass is 16.5. The van der Waals surface area contributed by atoms with Crippen LogP contribution in [-0.4, -0.2) is 61.3 Å². The number of rotatable bonds is 1. The Morgan fingerprint density at radius 1 is 1.18 bits per heavy atom. The molecule has 2 amide bonds. The zero-order valence-corrected chi connectivity index (χ0v) is 9.79. The molecular weight excluding hydrogens is 222 g/mol. The Labute approximate surface area is 99.9 Å². The predicted octanol–water partition coefficient (Wildman–Crippen LogP) is 1.21. The van der Waals surface area contributed by atoms with Gasteiger partial charge in [0.1, 0.15) is 0 Å². The Kier molecular flexibility index (Phi) is 4.06. The summed E-state index contributed by atoms with van der Waals surface area (Å²) in [7, 11) is 0. The van der Waals surface area contributed by atoms with Gasteiger partial charge in [-0.1, -0.05) is 5.11 Å². The number of morpholine rings is 1. The standard InChI is InChI=1S/C10H17N5O2/c11-13-12-9-1-3-14(4-2-9)10(16)15-5-7-17-8-6-15/h9H,1-8H2. The van der Waals surface area contributed by atoms with Crippen LogP contribution in [0.5, 0.6) is 0 Å². The molecule has 0 spiro atoms. The fourth-order valence-corrected chi connectivity index (χ4v) is 2.20. The topological polar surface area (TPSA) is 81.5 Å². The van der Waals surface area contributed by atoms with Gasteiger partial charge in [0.15, 0.2) is 0 Å². The van der Waals surface area contributed by atoms with Crippen LogP contribution in [0.3, 0.4) is 0 Å². The molecule has 0 aromatic rings. The number of hydrogen-bond acceptors (Lipinski definition) is 3. The predicted molar refractivity (Wildman–Crippen MR) is 61.5 cm³/mol. The molecular formula is C10H17N5O2. The van der Waals surface area contributed by atoms with Gasteiger partial charge in [-0.05, 0) is 18.4 Å². The Bertz CT molecular complexity index is 315. The Morgan fingerprint density at radius 2 is 1.76 bits per heavy atom. The molecule has 7 nitrogen and oxygen atoms in total. The van der Waals surface area contributed by atoms with Crippen LogP contribution in [0.1, 0.15) is 12.8 Å². The van der Waals surface area contributed by atoms with E-state index in [0.717, 1.165) is 12.8 Å². The maximum absolute atomic E-state index is 12.1. The molecule has 0 N–H and O–H groups in total. The highest BCUT2D eigenvalue weighted by molar-refractivity contribution is 5.74. The van der Waals surface area contributed by atoms with E-state index in [9.17, 15) is 4.79 Å². The van der Waals surface area contributed by atoms with Crippen molar-refractivity contribution >= 4 is 6.03 Å². The SMILES string of the molecule is [N-]=[N+]=NC1CCN(C(=O)N2CCOCC2)CC1. The summed E-state index contributed by atoms with van der Waals surface area (Å²) in [5, 5.41) is 3.70. The van der Waals surface area contributed by atoms with Gasteiger partial charge in [0.25, 0.3) is 0 Å². The molecule has 0 aromatic carbocycles. The normalized spacial score (nSPS) is 22.1. The quantitative estimate of drug-likeness (QED) is 0.391. The lowest BCUT2D eigenvalue weighted by atomic mass is 10.1. The largest absolute Gasteiger partial charge is 0.378 e. The van der Waals surface area contributed by atoms with Crippen LogP contribution < -0.4 is 0 Å². The van der Waals surface area contributed by atoms with E-state index in [-0.39, 0.29) is 12.1 Å². The van der Waals surface area contributed by atoms with E-state index in [4.69, 9.17) is 10.3 Å². The molecule has 0 saturated carbocycles. The van der Waals surface area contributed by atoms with Gasteiger partial charge in [0, 0.05) is 37.1 Å². The molecule has 0 unspecified atom stereocenters. The lowest BCUT2D eigenvalue weighted by Gasteiger charge is -2.36. The minimum atomic E-state index is 0.0498. The third-order valence-corrected chi connectivity index (χ3v) is 3.23. The highest BCUT2D eigenvalue weighted by Crippen LogP contribution is 2.15. The van der Waals surface area contributed by atoms with Crippen molar-refractivity contribution < 1.29 is 9.53 Å². The van der Waals surface area contributed by atoms with Crippen molar-refractivity contribution in [3.63, 3.8) is 0 Å². The molecule has 2 aliphatic heterocycles. The number of carbonyl (C=O) groups is 1. The third kappa shape index (κ3) is 3.01. The summed E-state index contributed by atoms with van der Waals surface area (Å²) in [6.07, 6.45) is 1.53. The van der Waals surface area contributed by atoms with Crippen molar-refractivity contribution in [1.82, 2.24) is 9.80 Å². The number of amides is 2. The number of urea groups is 1. The van der Waals surface area contributed by atoms with Gasteiger partial charge in [-0.15, -0.1) is 0 Å². The van der Waals surface area contributed by atoms with E-state index < -0.39 is 0 Å². The van der Waals surface area contributed by atoms with Crippen molar-refractivity contribution in [3.8, 4) is 0 Å². The van der Waals surface area contributed by atoms with Crippen LogP contribution >= 0.6 is 0 Å². The summed E-state index contributed by atoms with van der Waals surface area (Å²) in [4.78, 5) is 18.6. The van der Waals surface area contributed by atoms with Crippen LogP contribution in [0.4, 0.5) is 4.79 Å². The van der Waals surface area contributed by atoms with Gasteiger partial charge in [0.05, 0.1) is 13.2 Å². The van der Waals surface area contributed by atoms with E-state index >= 15 is 0 Å². The minimum Gasteiger partial charge on any atom is -0.378 e. The smallest absolute Gasteiger partial charge is 0.320 e. The lowest BCUT2D eigenvalue weighted by Crippen LogP contribution is -2.50. The average molecular weight is 239 g/mol. The Balaban J connectivity index is 1.83. The van der Waals surface area contributed by atoms with Crippen molar-refractivity contribution in [2.24, 2.45) is 5.11 Å². The molecule has 94 valence electrons. The fraction of sp³-hybridized carbons (Fsp3) is 0.900. The first-order valence-corrected chi connectivity index (χ1v) is 5.97. The van der Waals surface area contributed by atoms with Crippen LogP contribution in [0.2, 0.25) is 0 Å². The number of likely N-dealkylation sites (tertiary alicyclic amines) is 1. The first kappa shape index (κ1) is 12.0. The molecule has 0 atom stereocenters. The molecule has 2 saturated heterocycles. The number of nitrogens with zero attached hydrogens (tertiary/aromatic N) is 5. The Hall–Kier alpha value is -1.46. The van der Waals surface area contributed by atoms with Gasteiger partial charge in [-0.3, -0.25) is 0 Å². The van der Waals surface area contributed by atoms with Crippen molar-refractivity contribution in [1.29, 1.82) is 0 Å². The summed E-state index contributed by atoms with van der Waals surface area (Å²) < 4.78 is 5.22. The molecule has 0 radical (unpaired) electrons. The van der Waals surface area contributed by atoms with Crippen molar-refractivity contribution in [2.75, 3.05) is 39.4 Å². The van der Waals surface area contributed by atoms with Crippen LogP contribution in [0, 0.1) is 0 Å². The summed E-state index contributed by atoms with van der Waals surface area (Å²) in [5.41, 5.74) is 8.35. The summed E-state index contributed by atoms with van der Waals surface area (Å²) in [6.45, 7) is 3.96. The first-order valence-electron chi connectivity index (χ1n) is 5.97. The van der Waals surface area contributed by atoms with Gasteiger partial charge in [0.2, 0.25) is 0 Å². The number of piperidine rings is 1. The maximum atomic E-state index is 12.1. The number of carbonyl (C=O) groups excluding carboxylic acids is 1. The Morgan fingerprint density at radius 3 is 2.35 bits per heavy atom. The van der Waals surface area contributed by atoms with Crippen LogP contribution in [0.15, 0.2) is 5.11 Å². The highest BCUT2D eigenvalue weighted by Gasteiger charge is 2.26. The van der Waals surface area contributed by atoms with E-state index in [1.165, 1.54) is 0 Å². The van der Waals surface area contributed by atoms with Gasteiger partial charge < -0.3 is 14.5 Å². The average Bonchev–Trinajstić information content (AvgIpc) is 2.40. The summed E-state index contributed by atoms with van der Waals surface area (Å²) >= 11 is 0. The van der Waals surface area contributed by atoms with Crippen molar-refractivity contribution in [2.45, 2.75) is 18.9 Å². The molecule has 2 aliphatic rings. The summed E-state index contributed by atoms with van der Waals surface area (Å²) in [6, 6.07) is 0.140. The second-order valence-corrected chi connectivity index (χ2v) is 4.31. The van der Waals surface area contributed by atoms with E-state index in [1.807, 2.05) is 9.80 Å². The van der Waals surface area contributed by atoms with Gasteiger partial charge in [-0.25, -0.2) is 4.79 Å². The lowest BCUT2D eigenvalue weighted by molar-refractivity contribution is 0.0412. The zero-order valence-electron chi connectivity index (χ0n) is 9.79. The molecule has 2 heterocycles. The van der Waals surface area contributed by atoms with Crippen LogP contribution in [-0.2, 0) is 4.74 Å². The maximum Gasteiger partial charge on any atom is 0.320 e.